The standard InChI is InChI=1S/C13H10F6N4O/c14-12(15,16)11(9(20)24,13(17,18)19)10(3-6-22-23-10)7-8-1-4-21-5-2-8/h1-6H,7H2,(H2,20,24). The highest BCUT2D eigenvalue weighted by Gasteiger charge is 2.83. The molecule has 5 nitrogen and oxygen atoms in total. The summed E-state index contributed by atoms with van der Waals surface area (Å²) in [6, 6.07) is 2.42. The van der Waals surface area contributed by atoms with Crippen LogP contribution in [-0.4, -0.2) is 28.8 Å². The quantitative estimate of drug-likeness (QED) is 0.846. The molecular weight excluding hydrogens is 342 g/mol. The predicted molar refractivity (Wildman–Crippen MR) is 68.4 cm³/mol. The van der Waals surface area contributed by atoms with Crippen molar-refractivity contribution in [1.29, 1.82) is 0 Å². The molecule has 1 aliphatic heterocycles. The highest BCUT2D eigenvalue weighted by molar-refractivity contribution is 5.85. The molecule has 0 aliphatic carbocycles. The van der Waals surface area contributed by atoms with Gasteiger partial charge in [0.15, 0.2) is 0 Å². The second-order valence-corrected chi connectivity index (χ2v) is 5.10. The summed E-state index contributed by atoms with van der Waals surface area (Å²) in [5.74, 6) is -2.60. The molecule has 1 aliphatic rings. The van der Waals surface area contributed by atoms with E-state index in [2.05, 4.69) is 20.9 Å². The number of hydrogen-bond donors (Lipinski definition) is 1. The van der Waals surface area contributed by atoms with Crippen molar-refractivity contribution in [1.82, 2.24) is 4.98 Å². The largest absolute Gasteiger partial charge is 0.414 e. The van der Waals surface area contributed by atoms with Gasteiger partial charge in [0.1, 0.15) is 5.54 Å². The molecule has 0 radical (unpaired) electrons. The van der Waals surface area contributed by atoms with Crippen LogP contribution in [0.15, 0.2) is 47.0 Å². The number of hydrogen-bond acceptors (Lipinski definition) is 4. The average Bonchev–Trinajstić information content (AvgIpc) is 2.85. The summed E-state index contributed by atoms with van der Waals surface area (Å²) < 4.78 is 81.3. The van der Waals surface area contributed by atoms with Gasteiger partial charge in [-0.05, 0) is 23.8 Å². The van der Waals surface area contributed by atoms with E-state index in [-0.39, 0.29) is 5.56 Å². The van der Waals surface area contributed by atoms with E-state index in [4.69, 9.17) is 0 Å². The minimum Gasteiger partial charge on any atom is -0.368 e. The van der Waals surface area contributed by atoms with Crippen LogP contribution in [0.1, 0.15) is 5.56 Å². The van der Waals surface area contributed by atoms with Gasteiger partial charge in [0, 0.05) is 25.0 Å². The number of carbonyl (C=O) groups is 1. The van der Waals surface area contributed by atoms with Gasteiger partial charge in [-0.1, -0.05) is 0 Å². The number of carbonyl (C=O) groups excluding carboxylic acids is 1. The third-order valence-corrected chi connectivity index (χ3v) is 3.75. The van der Waals surface area contributed by atoms with Crippen molar-refractivity contribution in [2.75, 3.05) is 0 Å². The van der Waals surface area contributed by atoms with Crippen LogP contribution in [0.5, 0.6) is 0 Å². The Balaban J connectivity index is 2.75. The SMILES string of the molecule is NC(=O)C(C(F)(F)F)(C(F)(F)F)C1(Cc2ccncc2)C=CN=N1. The molecule has 0 aromatic carbocycles. The summed E-state index contributed by atoms with van der Waals surface area (Å²) in [5.41, 5.74) is -3.31. The Morgan fingerprint density at radius 2 is 1.62 bits per heavy atom. The fourth-order valence-electron chi connectivity index (χ4n) is 2.71. The summed E-state index contributed by atoms with van der Waals surface area (Å²) >= 11 is 0. The van der Waals surface area contributed by atoms with Crippen LogP contribution < -0.4 is 5.73 Å². The highest BCUT2D eigenvalue weighted by atomic mass is 19.4. The zero-order valence-electron chi connectivity index (χ0n) is 11.8. The van der Waals surface area contributed by atoms with Gasteiger partial charge in [0.05, 0.1) is 0 Å². The maximum atomic E-state index is 13.6. The lowest BCUT2D eigenvalue weighted by atomic mass is 9.65. The van der Waals surface area contributed by atoms with Gasteiger partial charge in [-0.2, -0.15) is 36.6 Å². The number of halogens is 6. The summed E-state index contributed by atoms with van der Waals surface area (Å²) in [6.45, 7) is 0. The Labute approximate surface area is 131 Å². The van der Waals surface area contributed by atoms with Crippen molar-refractivity contribution in [2.24, 2.45) is 21.4 Å². The van der Waals surface area contributed by atoms with Crippen molar-refractivity contribution in [2.45, 2.75) is 24.3 Å². The molecule has 0 spiro atoms. The summed E-state index contributed by atoms with van der Waals surface area (Å²) in [5, 5.41) is 6.27. The monoisotopic (exact) mass is 352 g/mol. The van der Waals surface area contributed by atoms with E-state index >= 15 is 0 Å². The molecule has 1 atom stereocenters. The van der Waals surface area contributed by atoms with Gasteiger partial charge in [-0.3, -0.25) is 9.78 Å². The Kier molecular flexibility index (Phi) is 4.15. The van der Waals surface area contributed by atoms with Crippen LogP contribution in [0, 0.1) is 5.41 Å². The molecule has 2 heterocycles. The summed E-state index contributed by atoms with van der Waals surface area (Å²) in [7, 11) is 0. The van der Waals surface area contributed by atoms with Crippen LogP contribution in [0.3, 0.4) is 0 Å². The normalized spacial score (nSPS) is 21.2. The molecule has 0 bridgehead atoms. The molecule has 2 N–H and O–H groups in total. The number of aromatic nitrogens is 1. The molecule has 11 heteroatoms. The third kappa shape index (κ3) is 2.43. The lowest BCUT2D eigenvalue weighted by Crippen LogP contribution is -2.69. The zero-order chi connectivity index (χ0) is 18.2. The van der Waals surface area contributed by atoms with Crippen molar-refractivity contribution in [3.63, 3.8) is 0 Å². The molecular formula is C13H10F6N4O. The first-order valence-corrected chi connectivity index (χ1v) is 6.40. The van der Waals surface area contributed by atoms with E-state index in [0.717, 1.165) is 0 Å². The number of rotatable bonds is 4. The molecule has 1 aromatic rings. The number of azo groups is 1. The number of primary amides is 1. The first-order valence-electron chi connectivity index (χ1n) is 6.40. The molecule has 0 saturated heterocycles. The fraction of sp³-hybridized carbons (Fsp3) is 0.385. The van der Waals surface area contributed by atoms with Crippen LogP contribution in [-0.2, 0) is 11.2 Å². The maximum Gasteiger partial charge on any atom is 0.414 e. The smallest absolute Gasteiger partial charge is 0.368 e. The van der Waals surface area contributed by atoms with Crippen LogP contribution in [0.25, 0.3) is 0 Å². The van der Waals surface area contributed by atoms with Crippen LogP contribution in [0.4, 0.5) is 26.3 Å². The van der Waals surface area contributed by atoms with E-state index < -0.39 is 35.6 Å². The molecule has 130 valence electrons. The van der Waals surface area contributed by atoms with Gasteiger partial charge in [-0.15, -0.1) is 0 Å². The van der Waals surface area contributed by atoms with Gasteiger partial charge >= 0.3 is 12.4 Å². The lowest BCUT2D eigenvalue weighted by molar-refractivity contribution is -0.338. The van der Waals surface area contributed by atoms with E-state index in [1.807, 2.05) is 0 Å². The molecule has 1 amide bonds. The average molecular weight is 352 g/mol. The number of alkyl halides is 6. The third-order valence-electron chi connectivity index (χ3n) is 3.75. The molecule has 0 fully saturated rings. The Bertz CT molecular complexity index is 654. The molecule has 1 aromatic heterocycles. The topological polar surface area (TPSA) is 80.7 Å². The number of amides is 1. The Hall–Kier alpha value is -2.46. The molecule has 24 heavy (non-hydrogen) atoms. The zero-order valence-corrected chi connectivity index (χ0v) is 11.8. The highest BCUT2D eigenvalue weighted by Crippen LogP contribution is 2.60. The Morgan fingerprint density at radius 3 is 2.00 bits per heavy atom. The molecule has 1 unspecified atom stereocenters. The fourth-order valence-corrected chi connectivity index (χ4v) is 2.71. The van der Waals surface area contributed by atoms with Crippen LogP contribution in [0.2, 0.25) is 0 Å². The predicted octanol–water partition coefficient (Wildman–Crippen LogP) is 2.94. The van der Waals surface area contributed by atoms with Gasteiger partial charge in [-0.25, -0.2) is 0 Å². The minimum absolute atomic E-state index is 0.0506. The Morgan fingerprint density at radius 1 is 1.08 bits per heavy atom. The number of nitrogens with zero attached hydrogens (tertiary/aromatic N) is 3. The first-order chi connectivity index (χ1) is 11.0. The van der Waals surface area contributed by atoms with Gasteiger partial charge in [0.2, 0.25) is 5.91 Å². The lowest BCUT2D eigenvalue weighted by Gasteiger charge is -2.44. The van der Waals surface area contributed by atoms with Crippen molar-refractivity contribution < 1.29 is 31.1 Å². The van der Waals surface area contributed by atoms with Crippen molar-refractivity contribution >= 4 is 5.91 Å². The van der Waals surface area contributed by atoms with Gasteiger partial charge < -0.3 is 5.73 Å². The number of pyridine rings is 1. The number of nitrogens with two attached hydrogens (primary N) is 1. The summed E-state index contributed by atoms with van der Waals surface area (Å²) in [6.07, 6.45) is -9.43. The van der Waals surface area contributed by atoms with Gasteiger partial charge in [0.25, 0.3) is 5.41 Å². The molecule has 0 saturated carbocycles. The van der Waals surface area contributed by atoms with Crippen molar-refractivity contribution in [3.05, 3.63) is 42.4 Å². The first kappa shape index (κ1) is 17.9. The second kappa shape index (κ2) is 5.56. The van der Waals surface area contributed by atoms with Crippen LogP contribution >= 0.6 is 0 Å². The van der Waals surface area contributed by atoms with E-state index in [1.54, 1.807) is 0 Å². The molecule has 2 rings (SSSR count). The second-order valence-electron chi connectivity index (χ2n) is 5.10. The summed E-state index contributed by atoms with van der Waals surface area (Å²) in [4.78, 5) is 15.2. The van der Waals surface area contributed by atoms with Crippen molar-refractivity contribution in [3.8, 4) is 0 Å². The van der Waals surface area contributed by atoms with E-state index in [1.165, 1.54) is 24.5 Å². The minimum atomic E-state index is -6.04. The maximum absolute atomic E-state index is 13.6. The van der Waals surface area contributed by atoms with E-state index in [0.29, 0.717) is 12.3 Å². The van der Waals surface area contributed by atoms with E-state index in [9.17, 15) is 31.1 Å².